The van der Waals surface area contributed by atoms with E-state index in [2.05, 4.69) is 15.2 Å². The van der Waals surface area contributed by atoms with E-state index in [-0.39, 0.29) is 17.5 Å². The minimum absolute atomic E-state index is 0.226. The summed E-state index contributed by atoms with van der Waals surface area (Å²) in [5.74, 6) is -0.372. The molecule has 3 rings (SSSR count). The van der Waals surface area contributed by atoms with Crippen LogP contribution in [0.5, 0.6) is 0 Å². The van der Waals surface area contributed by atoms with Crippen molar-refractivity contribution in [2.75, 3.05) is 6.54 Å². The molecule has 2 unspecified atom stereocenters. The lowest BCUT2D eigenvalue weighted by molar-refractivity contribution is -0.141. The third-order valence-corrected chi connectivity index (χ3v) is 3.81. The summed E-state index contributed by atoms with van der Waals surface area (Å²) in [5, 5.41) is 16.6. The summed E-state index contributed by atoms with van der Waals surface area (Å²) >= 11 is 0. The van der Waals surface area contributed by atoms with E-state index >= 15 is 0 Å². The smallest absolute Gasteiger partial charge is 0.264 e. The number of nitrogens with zero attached hydrogens (tertiary/aromatic N) is 3. The van der Waals surface area contributed by atoms with Crippen molar-refractivity contribution in [3.05, 3.63) is 58.3 Å². The van der Waals surface area contributed by atoms with Gasteiger partial charge in [0.15, 0.2) is 6.10 Å². The fourth-order valence-corrected chi connectivity index (χ4v) is 2.72. The Morgan fingerprint density at radius 3 is 2.95 bits per heavy atom. The molecule has 1 aliphatic rings. The number of rotatable bonds is 3. The molecule has 2 atom stereocenters. The number of pyridine rings is 1. The van der Waals surface area contributed by atoms with Gasteiger partial charge in [0.1, 0.15) is 0 Å². The fourth-order valence-electron chi connectivity index (χ4n) is 2.72. The second-order valence-electron chi connectivity index (χ2n) is 5.22. The third-order valence-electron chi connectivity index (χ3n) is 3.81. The van der Waals surface area contributed by atoms with Crippen LogP contribution in [0.4, 0.5) is 0 Å². The average molecular weight is 300 g/mol. The molecule has 2 N–H and O–H groups in total. The van der Waals surface area contributed by atoms with Crippen molar-refractivity contribution >= 4 is 5.91 Å². The highest BCUT2D eigenvalue weighted by molar-refractivity contribution is 5.82. The first-order chi connectivity index (χ1) is 10.7. The topological polar surface area (TPSA) is 99.2 Å². The molecule has 0 aliphatic carbocycles. The normalized spacial score (nSPS) is 19.1. The van der Waals surface area contributed by atoms with Gasteiger partial charge in [-0.2, -0.15) is 5.10 Å². The first-order valence-corrected chi connectivity index (χ1v) is 7.11. The Hall–Kier alpha value is -2.54. The van der Waals surface area contributed by atoms with E-state index in [4.69, 9.17) is 0 Å². The van der Waals surface area contributed by atoms with Crippen molar-refractivity contribution in [3.63, 3.8) is 0 Å². The van der Waals surface area contributed by atoms with Gasteiger partial charge in [-0.25, -0.2) is 5.10 Å². The molecular formula is C15H16N4O3. The van der Waals surface area contributed by atoms with Crippen LogP contribution in [0.15, 0.2) is 41.5 Å². The van der Waals surface area contributed by atoms with E-state index in [1.807, 2.05) is 0 Å². The highest BCUT2D eigenvalue weighted by atomic mass is 16.3. The molecule has 0 saturated carbocycles. The molecule has 2 aromatic heterocycles. The van der Waals surface area contributed by atoms with Gasteiger partial charge in [0.2, 0.25) is 0 Å². The number of hydrogen-bond acceptors (Lipinski definition) is 5. The van der Waals surface area contributed by atoms with Crippen LogP contribution in [-0.4, -0.2) is 37.6 Å². The Balaban J connectivity index is 1.82. The maximum atomic E-state index is 12.5. The molecule has 1 amide bonds. The van der Waals surface area contributed by atoms with Crippen molar-refractivity contribution in [2.24, 2.45) is 0 Å². The molecular weight excluding hydrogens is 284 g/mol. The van der Waals surface area contributed by atoms with Crippen molar-refractivity contribution in [1.82, 2.24) is 20.1 Å². The number of nitrogens with one attached hydrogen (secondary N) is 1. The van der Waals surface area contributed by atoms with Crippen LogP contribution in [0.2, 0.25) is 0 Å². The van der Waals surface area contributed by atoms with Crippen molar-refractivity contribution in [3.8, 4) is 0 Å². The molecule has 22 heavy (non-hydrogen) atoms. The van der Waals surface area contributed by atoms with E-state index in [0.29, 0.717) is 17.8 Å². The van der Waals surface area contributed by atoms with Gasteiger partial charge in [-0.3, -0.25) is 14.6 Å². The summed E-state index contributed by atoms with van der Waals surface area (Å²) in [6.07, 6.45) is 3.41. The number of aromatic amines is 1. The summed E-state index contributed by atoms with van der Waals surface area (Å²) in [5.41, 5.74) is 0.812. The third kappa shape index (κ3) is 2.75. The lowest BCUT2D eigenvalue weighted by Gasteiger charge is -2.26. The molecule has 0 radical (unpaired) electrons. The molecule has 7 heteroatoms. The van der Waals surface area contributed by atoms with Crippen LogP contribution in [0.3, 0.4) is 0 Å². The number of amides is 1. The summed E-state index contributed by atoms with van der Waals surface area (Å²) in [6.45, 7) is 0.557. The molecule has 2 aromatic rings. The maximum Gasteiger partial charge on any atom is 0.264 e. The highest BCUT2D eigenvalue weighted by Crippen LogP contribution is 2.32. The van der Waals surface area contributed by atoms with E-state index in [9.17, 15) is 14.7 Å². The Morgan fingerprint density at radius 2 is 2.27 bits per heavy atom. The van der Waals surface area contributed by atoms with Crippen molar-refractivity contribution < 1.29 is 9.90 Å². The SMILES string of the molecule is O=C(C(O)c1cccnc1)N1CCCC1c1ccc(=O)[nH]n1. The molecule has 3 heterocycles. The van der Waals surface area contributed by atoms with Gasteiger partial charge in [-0.05, 0) is 25.0 Å². The molecule has 1 aliphatic heterocycles. The van der Waals surface area contributed by atoms with E-state index in [1.54, 1.807) is 29.3 Å². The summed E-state index contributed by atoms with van der Waals surface area (Å²) in [4.78, 5) is 29.2. The average Bonchev–Trinajstić information content (AvgIpc) is 3.04. The molecule has 0 bridgehead atoms. The second kappa shape index (κ2) is 6.07. The maximum absolute atomic E-state index is 12.5. The van der Waals surface area contributed by atoms with Gasteiger partial charge >= 0.3 is 0 Å². The number of carbonyl (C=O) groups is 1. The molecule has 0 aromatic carbocycles. The van der Waals surface area contributed by atoms with Gasteiger partial charge in [-0.1, -0.05) is 6.07 Å². The lowest BCUT2D eigenvalue weighted by Crippen LogP contribution is -2.35. The number of likely N-dealkylation sites (tertiary alicyclic amines) is 1. The number of aromatic nitrogens is 3. The molecule has 0 spiro atoms. The Bertz CT molecular complexity index is 696. The van der Waals surface area contributed by atoms with E-state index in [1.165, 1.54) is 12.3 Å². The number of hydrogen-bond donors (Lipinski definition) is 2. The first kappa shape index (κ1) is 14.4. The monoisotopic (exact) mass is 300 g/mol. The summed E-state index contributed by atoms with van der Waals surface area (Å²) in [6, 6.07) is 6.12. The van der Waals surface area contributed by atoms with Crippen LogP contribution in [0, 0.1) is 0 Å². The molecule has 1 fully saturated rings. The van der Waals surface area contributed by atoms with Crippen molar-refractivity contribution in [2.45, 2.75) is 25.0 Å². The van der Waals surface area contributed by atoms with Gasteiger partial charge in [0, 0.05) is 30.6 Å². The minimum Gasteiger partial charge on any atom is -0.378 e. The van der Waals surface area contributed by atoms with Gasteiger partial charge in [-0.15, -0.1) is 0 Å². The van der Waals surface area contributed by atoms with Crippen LogP contribution < -0.4 is 5.56 Å². The number of aliphatic hydroxyl groups excluding tert-OH is 1. The predicted molar refractivity (Wildman–Crippen MR) is 77.7 cm³/mol. The molecule has 114 valence electrons. The van der Waals surface area contributed by atoms with Gasteiger partial charge in [0.25, 0.3) is 11.5 Å². The fraction of sp³-hybridized carbons (Fsp3) is 0.333. The van der Waals surface area contributed by atoms with Crippen LogP contribution in [0.1, 0.15) is 36.2 Å². The summed E-state index contributed by atoms with van der Waals surface area (Å²) < 4.78 is 0. The Kier molecular flexibility index (Phi) is 3.97. The Morgan fingerprint density at radius 1 is 1.41 bits per heavy atom. The Labute approximate surface area is 126 Å². The summed E-state index contributed by atoms with van der Waals surface area (Å²) in [7, 11) is 0. The van der Waals surface area contributed by atoms with Crippen molar-refractivity contribution in [1.29, 1.82) is 0 Å². The zero-order chi connectivity index (χ0) is 15.5. The van der Waals surface area contributed by atoms with E-state index < -0.39 is 6.10 Å². The molecule has 1 saturated heterocycles. The van der Waals surface area contributed by atoms with Crippen LogP contribution in [0.25, 0.3) is 0 Å². The zero-order valence-corrected chi connectivity index (χ0v) is 11.8. The van der Waals surface area contributed by atoms with Crippen LogP contribution in [-0.2, 0) is 4.79 Å². The number of carbonyl (C=O) groups excluding carboxylic acids is 1. The quantitative estimate of drug-likeness (QED) is 0.863. The standard InChI is InChI=1S/C15H16N4O3/c20-13-6-5-11(17-18-13)12-4-2-8-19(12)15(22)14(21)10-3-1-7-16-9-10/h1,3,5-7,9,12,14,21H,2,4,8H2,(H,18,20). The lowest BCUT2D eigenvalue weighted by atomic mass is 10.1. The number of H-pyrrole nitrogens is 1. The van der Waals surface area contributed by atoms with Gasteiger partial charge < -0.3 is 10.0 Å². The largest absolute Gasteiger partial charge is 0.378 e. The molecule has 7 nitrogen and oxygen atoms in total. The first-order valence-electron chi connectivity index (χ1n) is 7.11. The van der Waals surface area contributed by atoms with Crippen LogP contribution >= 0.6 is 0 Å². The zero-order valence-electron chi connectivity index (χ0n) is 11.8. The highest BCUT2D eigenvalue weighted by Gasteiger charge is 2.34. The second-order valence-corrected chi connectivity index (χ2v) is 5.22. The van der Waals surface area contributed by atoms with E-state index in [0.717, 1.165) is 12.8 Å². The number of aliphatic hydroxyl groups is 1. The predicted octanol–water partition coefficient (Wildman–Crippen LogP) is 0.562. The van der Waals surface area contributed by atoms with Gasteiger partial charge in [0.05, 0.1) is 11.7 Å². The minimum atomic E-state index is -1.24.